The van der Waals surface area contributed by atoms with Crippen LogP contribution in [-0.2, 0) is 43.4 Å². The van der Waals surface area contributed by atoms with E-state index in [-0.39, 0.29) is 84.4 Å². The molecule has 0 radical (unpaired) electrons. The van der Waals surface area contributed by atoms with E-state index in [0.717, 1.165) is 68.6 Å². The van der Waals surface area contributed by atoms with Gasteiger partial charge in [0.25, 0.3) is 10.1 Å². The Balaban J connectivity index is 0.964. The number of hydrogen-bond donors (Lipinski definition) is 6. The number of primary amides is 1. The zero-order chi connectivity index (χ0) is 51.3. The highest BCUT2D eigenvalue weighted by molar-refractivity contribution is 8.00. The first kappa shape index (κ1) is 55.1. The number of allylic oxidation sites excluding steroid dienone is 3. The highest BCUT2D eigenvalue weighted by Crippen LogP contribution is 2.45. The van der Waals surface area contributed by atoms with Gasteiger partial charge in [0.1, 0.15) is 48.0 Å². The molecular weight excluding hydrogens is 965 g/mol. The summed E-state index contributed by atoms with van der Waals surface area (Å²) in [6.07, 6.45) is 14.8. The second-order valence-electron chi connectivity index (χ2n) is 22.1. The van der Waals surface area contributed by atoms with Crippen LogP contribution in [0.3, 0.4) is 0 Å². The smallest absolute Gasteiger partial charge is 0.283 e. The molecule has 20 heteroatoms. The number of aliphatic hydroxyl groups excluding tert-OH is 2. The monoisotopic (exact) mass is 1050 g/mol. The highest BCUT2D eigenvalue weighted by Gasteiger charge is 2.51. The van der Waals surface area contributed by atoms with Crippen LogP contribution < -0.4 is 16.4 Å². The number of rotatable bonds is 21. The molecule has 2 saturated carbocycles. The van der Waals surface area contributed by atoms with Gasteiger partial charge in [-0.25, -0.2) is 0 Å². The zero-order valence-electron chi connectivity index (χ0n) is 43.1. The van der Waals surface area contributed by atoms with Crippen molar-refractivity contribution in [1.82, 2.24) is 25.3 Å². The molecule has 5 fully saturated rings. The molecule has 0 aromatic carbocycles. The minimum Gasteiger partial charge on any atom is -0.498 e. The maximum absolute atomic E-state index is 14.5. The van der Waals surface area contributed by atoms with Crippen LogP contribution in [0.2, 0.25) is 0 Å². The first-order chi connectivity index (χ1) is 34.6. The van der Waals surface area contributed by atoms with E-state index in [0.29, 0.717) is 87.3 Å². The molecule has 72 heavy (non-hydrogen) atoms. The molecule has 0 spiro atoms. The zero-order valence-corrected chi connectivity index (χ0v) is 44.7. The van der Waals surface area contributed by atoms with Crippen molar-refractivity contribution in [3.8, 4) is 0 Å². The van der Waals surface area contributed by atoms with E-state index in [4.69, 9.17) is 24.7 Å². The second-order valence-corrected chi connectivity index (χ2v) is 24.8. The lowest BCUT2D eigenvalue weighted by Crippen LogP contribution is -2.54. The summed E-state index contributed by atoms with van der Waals surface area (Å²) in [6, 6.07) is -0.129. The van der Waals surface area contributed by atoms with Crippen LogP contribution in [0.25, 0.3) is 0 Å². The lowest BCUT2D eigenvalue weighted by Gasteiger charge is -2.42. The predicted molar refractivity (Wildman–Crippen MR) is 273 cm³/mol. The Morgan fingerprint density at radius 3 is 2.42 bits per heavy atom. The molecule has 0 aromatic heterocycles. The first-order valence-electron chi connectivity index (χ1n) is 27.1. The van der Waals surface area contributed by atoms with Crippen LogP contribution in [0.4, 0.5) is 0 Å². The number of nitrogens with two attached hydrogens (primary N) is 1. The van der Waals surface area contributed by atoms with Gasteiger partial charge < -0.3 is 55.3 Å². The maximum Gasteiger partial charge on any atom is 0.283 e. The number of aliphatic hydroxyl groups is 2. The van der Waals surface area contributed by atoms with Crippen molar-refractivity contribution in [2.45, 2.75) is 177 Å². The minimum atomic E-state index is -4.49. The van der Waals surface area contributed by atoms with E-state index in [9.17, 15) is 37.6 Å². The largest absolute Gasteiger partial charge is 0.498 e. The summed E-state index contributed by atoms with van der Waals surface area (Å²) in [6.45, 7) is 3.92. The van der Waals surface area contributed by atoms with Gasteiger partial charge in [-0.1, -0.05) is 45.1 Å². The summed E-state index contributed by atoms with van der Waals surface area (Å²) in [7, 11) is 0.526. The molecule has 7 N–H and O–H groups in total. The number of likely N-dealkylation sites (tertiary alicyclic amines) is 1. The number of methoxy groups -OCH3 is 2. The average molecular weight is 1050 g/mol. The van der Waals surface area contributed by atoms with E-state index in [2.05, 4.69) is 28.5 Å². The number of carbonyl (C=O) groups excluding carboxylic acids is 3. The topological polar surface area (TPSA) is 243 Å². The van der Waals surface area contributed by atoms with Crippen molar-refractivity contribution in [2.75, 3.05) is 59.2 Å². The fourth-order valence-corrected chi connectivity index (χ4v) is 16.0. The maximum atomic E-state index is 14.5. The number of nitrogens with zero attached hydrogens (tertiary/aromatic N) is 3. The number of carbonyl (C=O) groups is 3. The quantitative estimate of drug-likeness (QED) is 0.0681. The Morgan fingerprint density at radius 2 is 1.68 bits per heavy atom. The van der Waals surface area contributed by atoms with E-state index < -0.39 is 40.3 Å². The van der Waals surface area contributed by atoms with E-state index in [1.807, 2.05) is 0 Å². The highest BCUT2D eigenvalue weighted by atomic mass is 32.2. The first-order valence-corrected chi connectivity index (χ1v) is 29.7. The summed E-state index contributed by atoms with van der Waals surface area (Å²) < 4.78 is 60.2. The summed E-state index contributed by atoms with van der Waals surface area (Å²) in [5, 5.41) is 29.1. The number of ether oxygens (including phenoxy) is 4. The minimum absolute atomic E-state index is 0.0386. The van der Waals surface area contributed by atoms with E-state index >= 15 is 0 Å². The molecule has 3 heterocycles. The Bertz CT molecular complexity index is 2130. The molecule has 18 nitrogen and oxygen atoms in total. The predicted octanol–water partition coefficient (Wildman–Crippen LogP) is 4.58. The van der Waals surface area contributed by atoms with Gasteiger partial charge in [-0.05, 0) is 87.7 Å². The molecule has 406 valence electrons. The number of amides is 3. The van der Waals surface area contributed by atoms with Gasteiger partial charge >= 0.3 is 0 Å². The third kappa shape index (κ3) is 12.9. The van der Waals surface area contributed by atoms with Crippen molar-refractivity contribution in [1.29, 1.82) is 0 Å². The van der Waals surface area contributed by atoms with Crippen molar-refractivity contribution in [3.63, 3.8) is 0 Å². The fraction of sp³-hybridized carbons (Fsp3) is 0.827. The van der Waals surface area contributed by atoms with Crippen molar-refractivity contribution < 1.29 is 56.5 Å². The van der Waals surface area contributed by atoms with Crippen LogP contribution in [-0.4, -0.2) is 163 Å². The van der Waals surface area contributed by atoms with Gasteiger partial charge in [-0.3, -0.25) is 23.8 Å². The molecule has 3 aliphatic heterocycles. The van der Waals surface area contributed by atoms with Gasteiger partial charge in [0.05, 0.1) is 32.7 Å². The SMILES string of the molecule is CC[C@@H]1CCCC[C@@H]1N(CS(=O)(=O)O)C(=O)[C@@H]1CC(OC)=C(OCC2=C[C@@H](CSC3C[C@@H](O)N(CCCC(N)=O)[C@H]3O)C[C@@H](COC3=C(OC)C[C@@H]4C(=O)N5C6CCCC[C@@H]6C[C@H]5CN[C@@H]4C3)C2)CC1NC. The van der Waals surface area contributed by atoms with Crippen molar-refractivity contribution >= 4 is 39.6 Å². The molecule has 3 saturated heterocycles. The van der Waals surface area contributed by atoms with Crippen molar-refractivity contribution in [2.24, 2.45) is 41.2 Å². The van der Waals surface area contributed by atoms with Gasteiger partial charge in [-0.2, -0.15) is 20.2 Å². The van der Waals surface area contributed by atoms with Gasteiger partial charge in [0.2, 0.25) is 17.7 Å². The van der Waals surface area contributed by atoms with Crippen LogP contribution in [0.5, 0.6) is 0 Å². The molecule has 0 bridgehead atoms. The summed E-state index contributed by atoms with van der Waals surface area (Å²) in [5.74, 6) is 2.20. The Hall–Kier alpha value is -3.11. The summed E-state index contributed by atoms with van der Waals surface area (Å²) >= 11 is 1.63. The standard InChI is InChI=1S/C52H84N6O12S2/c1-5-34-11-6-8-13-41(34)57(30-72(64,65)66)50(61)37-21-43(67-3)45(23-39(37)54-2)69-27-31-17-32(19-33(18-31)29-71-47-25-49(60)56(52(47)63)16-10-15-48(53)59)28-70-46-24-40-38(22-44(46)68-4)51(62)58-36(26-55-40)20-35-12-7-9-14-42(35)58/h18,32-42,47,49,52,54-55,60,63H,5-17,19-30H2,1-4H3,(H2,53,59)(H,64,65,66)/t32-,33+,34+,35+,36-,37+,38-,39?,40+,41-,42?,47?,49+,52-/m0/s1. The number of thioether (sulfide) groups is 1. The normalized spacial score (nSPS) is 35.5. The summed E-state index contributed by atoms with van der Waals surface area (Å²) in [4.78, 5) is 45.6. The number of hydrogen-bond acceptors (Lipinski definition) is 15. The van der Waals surface area contributed by atoms with E-state index in [1.54, 1.807) is 37.9 Å². The third-order valence-corrected chi connectivity index (χ3v) is 19.7. The molecule has 8 rings (SSSR count). The molecule has 8 aliphatic rings. The Kier molecular flexibility index (Phi) is 18.9. The van der Waals surface area contributed by atoms with Crippen LogP contribution in [0, 0.1) is 35.5 Å². The summed E-state index contributed by atoms with van der Waals surface area (Å²) in [5.41, 5.74) is 6.43. The Morgan fingerprint density at radius 1 is 0.944 bits per heavy atom. The van der Waals surface area contributed by atoms with Gasteiger partial charge in [0, 0.05) is 92.8 Å². The number of fused-ring (bicyclic) bond motifs is 4. The average Bonchev–Trinajstić information content (AvgIpc) is 3.83. The molecule has 14 atom stereocenters. The molecule has 3 amide bonds. The van der Waals surface area contributed by atoms with Crippen LogP contribution in [0.1, 0.15) is 129 Å². The third-order valence-electron chi connectivity index (χ3n) is 17.6. The van der Waals surface area contributed by atoms with Gasteiger partial charge in [0.15, 0.2) is 0 Å². The van der Waals surface area contributed by atoms with Gasteiger partial charge in [-0.15, -0.1) is 0 Å². The molecule has 3 unspecified atom stereocenters. The van der Waals surface area contributed by atoms with Crippen LogP contribution in [0.15, 0.2) is 34.7 Å². The Labute approximate surface area is 431 Å². The fourth-order valence-electron chi connectivity index (χ4n) is 14.0. The lowest BCUT2D eigenvalue weighted by atomic mass is 9.80. The van der Waals surface area contributed by atoms with E-state index in [1.165, 1.54) is 24.2 Å². The molecule has 0 aromatic rings. The number of nitrogens with one attached hydrogen (secondary N) is 2. The lowest BCUT2D eigenvalue weighted by molar-refractivity contribution is -0.141. The molecular formula is C52H84N6O12S2. The second kappa shape index (κ2) is 24.7. The van der Waals surface area contributed by atoms with Crippen molar-refractivity contribution in [3.05, 3.63) is 34.7 Å². The molecule has 5 aliphatic carbocycles. The van der Waals surface area contributed by atoms with Crippen LogP contribution >= 0.6 is 11.8 Å².